The summed E-state index contributed by atoms with van der Waals surface area (Å²) in [7, 11) is 0. The van der Waals surface area contributed by atoms with Gasteiger partial charge in [0.05, 0.1) is 11.1 Å². The number of hydrogen-bond acceptors (Lipinski definition) is 5. The van der Waals surface area contributed by atoms with Crippen LogP contribution in [0.2, 0.25) is 0 Å². The maximum absolute atomic E-state index is 13.1. The third-order valence-corrected chi connectivity index (χ3v) is 6.54. The van der Waals surface area contributed by atoms with E-state index in [4.69, 9.17) is 4.98 Å². The third kappa shape index (κ3) is 4.64. The van der Waals surface area contributed by atoms with E-state index in [-0.39, 0.29) is 17.2 Å². The zero-order valence-corrected chi connectivity index (χ0v) is 18.2. The van der Waals surface area contributed by atoms with Gasteiger partial charge in [0.25, 0.3) is 5.56 Å². The Morgan fingerprint density at radius 2 is 1.96 bits per heavy atom. The Kier molecular flexibility index (Phi) is 6.57. The van der Waals surface area contributed by atoms with Crippen LogP contribution in [0.25, 0.3) is 10.2 Å². The van der Waals surface area contributed by atoms with Crippen LogP contribution in [0.1, 0.15) is 29.9 Å². The van der Waals surface area contributed by atoms with Crippen LogP contribution >= 0.6 is 23.1 Å². The molecule has 0 radical (unpaired) electrons. The van der Waals surface area contributed by atoms with Gasteiger partial charge in [-0.25, -0.2) is 4.98 Å². The average molecular weight is 416 g/mol. The van der Waals surface area contributed by atoms with Crippen molar-refractivity contribution in [2.75, 3.05) is 5.75 Å². The third-order valence-electron chi connectivity index (χ3n) is 4.47. The highest BCUT2D eigenvalue weighted by atomic mass is 32.2. The second-order valence-electron chi connectivity index (χ2n) is 7.22. The van der Waals surface area contributed by atoms with Crippen molar-refractivity contribution in [1.29, 1.82) is 0 Å². The van der Waals surface area contributed by atoms with Crippen molar-refractivity contribution < 1.29 is 4.79 Å². The van der Waals surface area contributed by atoms with Crippen LogP contribution in [0, 0.1) is 19.8 Å². The Morgan fingerprint density at radius 3 is 2.64 bits per heavy atom. The van der Waals surface area contributed by atoms with E-state index in [1.165, 1.54) is 23.1 Å². The number of rotatable bonds is 7. The first-order chi connectivity index (χ1) is 13.4. The van der Waals surface area contributed by atoms with Crippen LogP contribution in [0.15, 0.2) is 40.3 Å². The molecule has 0 atom stereocenters. The highest BCUT2D eigenvalue weighted by Crippen LogP contribution is 2.28. The number of carbonyl (C=O) groups is 1. The maximum atomic E-state index is 13.1. The van der Waals surface area contributed by atoms with E-state index in [9.17, 15) is 9.59 Å². The fourth-order valence-corrected chi connectivity index (χ4v) is 4.83. The first-order valence-corrected chi connectivity index (χ1v) is 11.1. The Balaban J connectivity index is 1.79. The standard InChI is InChI=1S/C21H25N3O2S2/c1-13(2)11-24-20(26)18-14(3)15(4)28-19(18)23-21(24)27-12-17(25)22-10-16-8-6-5-7-9-16/h5-9,13H,10-12H2,1-4H3,(H,22,25). The molecule has 1 amide bonds. The fourth-order valence-electron chi connectivity index (χ4n) is 2.92. The summed E-state index contributed by atoms with van der Waals surface area (Å²) in [6, 6.07) is 9.80. The smallest absolute Gasteiger partial charge is 0.263 e. The van der Waals surface area contributed by atoms with Crippen LogP contribution in [-0.2, 0) is 17.9 Å². The Hall–Kier alpha value is -2.12. The minimum absolute atomic E-state index is 0.00672. The summed E-state index contributed by atoms with van der Waals surface area (Å²) in [5.41, 5.74) is 2.06. The molecule has 1 N–H and O–H groups in total. The Labute approximate surface area is 173 Å². The number of carbonyl (C=O) groups excluding carboxylic acids is 1. The predicted molar refractivity (Wildman–Crippen MR) is 117 cm³/mol. The van der Waals surface area contributed by atoms with Gasteiger partial charge in [-0.3, -0.25) is 14.2 Å². The molecule has 0 aliphatic rings. The number of thiophene rings is 1. The first kappa shape index (κ1) is 20.6. The van der Waals surface area contributed by atoms with E-state index < -0.39 is 0 Å². The molecule has 0 saturated heterocycles. The molecule has 0 bridgehead atoms. The van der Waals surface area contributed by atoms with Gasteiger partial charge in [0.15, 0.2) is 5.16 Å². The molecule has 1 aromatic carbocycles. The summed E-state index contributed by atoms with van der Waals surface area (Å²) < 4.78 is 1.72. The second kappa shape index (κ2) is 8.92. The molecule has 2 heterocycles. The number of hydrogen-bond donors (Lipinski definition) is 1. The zero-order valence-electron chi connectivity index (χ0n) is 16.6. The molecule has 2 aromatic heterocycles. The summed E-state index contributed by atoms with van der Waals surface area (Å²) in [5.74, 6) is 0.466. The monoisotopic (exact) mass is 415 g/mol. The van der Waals surface area contributed by atoms with Gasteiger partial charge in [-0.2, -0.15) is 0 Å². The number of aromatic nitrogens is 2. The largest absolute Gasteiger partial charge is 0.351 e. The molecule has 3 aromatic rings. The molecule has 0 unspecified atom stereocenters. The van der Waals surface area contributed by atoms with Crippen molar-refractivity contribution in [3.8, 4) is 0 Å². The van der Waals surface area contributed by atoms with E-state index in [2.05, 4.69) is 19.2 Å². The zero-order chi connectivity index (χ0) is 20.3. The van der Waals surface area contributed by atoms with Gasteiger partial charge in [-0.05, 0) is 30.9 Å². The van der Waals surface area contributed by atoms with E-state index in [0.717, 1.165) is 20.8 Å². The molecule has 28 heavy (non-hydrogen) atoms. The summed E-state index contributed by atoms with van der Waals surface area (Å²) in [6.07, 6.45) is 0. The number of aryl methyl sites for hydroxylation is 2. The number of fused-ring (bicyclic) bond motifs is 1. The lowest BCUT2D eigenvalue weighted by molar-refractivity contribution is -0.118. The molecule has 0 saturated carbocycles. The van der Waals surface area contributed by atoms with Gasteiger partial charge in [0.1, 0.15) is 4.83 Å². The van der Waals surface area contributed by atoms with Crippen molar-refractivity contribution in [3.05, 3.63) is 56.7 Å². The van der Waals surface area contributed by atoms with Gasteiger partial charge in [0, 0.05) is 18.0 Å². The maximum Gasteiger partial charge on any atom is 0.263 e. The molecular formula is C21H25N3O2S2. The fraction of sp³-hybridized carbons (Fsp3) is 0.381. The van der Waals surface area contributed by atoms with E-state index in [1.54, 1.807) is 4.57 Å². The van der Waals surface area contributed by atoms with Gasteiger partial charge in [-0.15, -0.1) is 11.3 Å². The highest BCUT2D eigenvalue weighted by molar-refractivity contribution is 7.99. The van der Waals surface area contributed by atoms with Gasteiger partial charge in [-0.1, -0.05) is 55.9 Å². The van der Waals surface area contributed by atoms with Crippen LogP contribution in [0.4, 0.5) is 0 Å². The molecule has 148 valence electrons. The number of nitrogens with zero attached hydrogens (tertiary/aromatic N) is 2. The molecule has 7 heteroatoms. The number of benzene rings is 1. The summed E-state index contributed by atoms with van der Waals surface area (Å²) in [4.78, 5) is 32.0. The Morgan fingerprint density at radius 1 is 1.25 bits per heavy atom. The Bertz CT molecular complexity index is 1040. The van der Waals surface area contributed by atoms with Gasteiger partial charge in [0.2, 0.25) is 5.91 Å². The minimum atomic E-state index is -0.0714. The molecule has 0 aliphatic carbocycles. The van der Waals surface area contributed by atoms with Crippen LogP contribution in [-0.4, -0.2) is 21.2 Å². The van der Waals surface area contributed by atoms with Crippen molar-refractivity contribution in [2.24, 2.45) is 5.92 Å². The minimum Gasteiger partial charge on any atom is -0.351 e. The predicted octanol–water partition coefficient (Wildman–Crippen LogP) is 4.14. The number of amides is 1. The van der Waals surface area contributed by atoms with Crippen molar-refractivity contribution in [2.45, 2.75) is 45.9 Å². The second-order valence-corrected chi connectivity index (χ2v) is 9.36. The molecule has 3 rings (SSSR count). The summed E-state index contributed by atoms with van der Waals surface area (Å²) in [6.45, 7) is 9.21. The normalized spacial score (nSPS) is 11.3. The molecule has 5 nitrogen and oxygen atoms in total. The van der Waals surface area contributed by atoms with Crippen molar-refractivity contribution in [3.63, 3.8) is 0 Å². The highest BCUT2D eigenvalue weighted by Gasteiger charge is 2.18. The van der Waals surface area contributed by atoms with Crippen LogP contribution in [0.3, 0.4) is 0 Å². The molecule has 0 fully saturated rings. The van der Waals surface area contributed by atoms with Crippen LogP contribution < -0.4 is 10.9 Å². The topological polar surface area (TPSA) is 64.0 Å². The molecular weight excluding hydrogens is 390 g/mol. The van der Waals surface area contributed by atoms with Crippen molar-refractivity contribution in [1.82, 2.24) is 14.9 Å². The van der Waals surface area contributed by atoms with E-state index in [1.807, 2.05) is 44.2 Å². The number of thioether (sulfide) groups is 1. The summed E-state index contributed by atoms with van der Waals surface area (Å²) in [5, 5.41) is 4.24. The summed E-state index contributed by atoms with van der Waals surface area (Å²) >= 11 is 2.86. The van der Waals surface area contributed by atoms with Crippen molar-refractivity contribution >= 4 is 39.2 Å². The quantitative estimate of drug-likeness (QED) is 0.465. The molecule has 0 aliphatic heterocycles. The van der Waals surface area contributed by atoms with E-state index >= 15 is 0 Å². The lowest BCUT2D eigenvalue weighted by Crippen LogP contribution is -2.27. The molecule has 0 spiro atoms. The number of nitrogens with one attached hydrogen (secondary N) is 1. The average Bonchev–Trinajstić information content (AvgIpc) is 2.95. The first-order valence-electron chi connectivity index (χ1n) is 9.30. The lowest BCUT2D eigenvalue weighted by Gasteiger charge is -2.14. The SMILES string of the molecule is Cc1sc2nc(SCC(=O)NCc3ccccc3)n(CC(C)C)c(=O)c2c1C. The van der Waals surface area contributed by atoms with E-state index in [0.29, 0.717) is 29.6 Å². The van der Waals surface area contributed by atoms with Crippen LogP contribution in [0.5, 0.6) is 0 Å². The lowest BCUT2D eigenvalue weighted by atomic mass is 10.2. The van der Waals surface area contributed by atoms with Gasteiger partial charge < -0.3 is 5.32 Å². The van der Waals surface area contributed by atoms with Gasteiger partial charge >= 0.3 is 0 Å².